The summed E-state index contributed by atoms with van der Waals surface area (Å²) in [5.41, 5.74) is 3.48. The third-order valence-corrected chi connectivity index (χ3v) is 2.85. The molecule has 1 N–H and O–H groups in total. The van der Waals surface area contributed by atoms with Crippen molar-refractivity contribution < 1.29 is 9.53 Å². The van der Waals surface area contributed by atoms with Crippen molar-refractivity contribution in [1.82, 2.24) is 5.43 Å². The van der Waals surface area contributed by atoms with E-state index in [-0.39, 0.29) is 6.61 Å². The maximum Gasteiger partial charge on any atom is 0.277 e. The lowest BCUT2D eigenvalue weighted by molar-refractivity contribution is -0.123. The molecule has 110 valence electrons. The molecule has 5 nitrogen and oxygen atoms in total. The van der Waals surface area contributed by atoms with Gasteiger partial charge in [0.25, 0.3) is 5.91 Å². The fourth-order valence-electron chi connectivity index (χ4n) is 1.63. The van der Waals surface area contributed by atoms with Crippen LogP contribution in [0.25, 0.3) is 0 Å². The highest BCUT2D eigenvalue weighted by molar-refractivity contribution is 6.30. The van der Waals surface area contributed by atoms with Crippen LogP contribution in [0.5, 0.6) is 5.75 Å². The van der Waals surface area contributed by atoms with Crippen LogP contribution in [0.1, 0.15) is 11.1 Å². The van der Waals surface area contributed by atoms with E-state index in [2.05, 4.69) is 10.5 Å². The number of carbonyl (C=O) groups excluding carboxylic acids is 1. The van der Waals surface area contributed by atoms with E-state index in [4.69, 9.17) is 21.6 Å². The zero-order valence-corrected chi connectivity index (χ0v) is 12.2. The molecule has 0 bridgehead atoms. The van der Waals surface area contributed by atoms with Crippen molar-refractivity contribution in [2.45, 2.75) is 0 Å². The van der Waals surface area contributed by atoms with Crippen molar-refractivity contribution >= 4 is 23.7 Å². The molecule has 0 heterocycles. The standard InChI is InChI=1S/C16H12ClN3O2/c17-14-6-3-4-12(8-14)10-19-20-16(21)11-22-15-7-2-1-5-13(15)9-18/h1-8,10H,11H2,(H,20,21)/b19-10-. The van der Waals surface area contributed by atoms with E-state index < -0.39 is 5.91 Å². The third-order valence-electron chi connectivity index (χ3n) is 2.62. The fraction of sp³-hybridized carbons (Fsp3) is 0.0625. The highest BCUT2D eigenvalue weighted by Gasteiger charge is 2.05. The predicted octanol–water partition coefficient (Wildman–Crippen LogP) is 2.74. The second-order valence-electron chi connectivity index (χ2n) is 4.24. The summed E-state index contributed by atoms with van der Waals surface area (Å²) in [4.78, 5) is 11.6. The van der Waals surface area contributed by atoms with Gasteiger partial charge in [0.1, 0.15) is 11.8 Å². The molecule has 2 aromatic rings. The second-order valence-corrected chi connectivity index (χ2v) is 4.68. The first-order valence-corrected chi connectivity index (χ1v) is 6.76. The quantitative estimate of drug-likeness (QED) is 0.681. The SMILES string of the molecule is N#Cc1ccccc1OCC(=O)N/N=C\c1cccc(Cl)c1. The number of hydrogen-bond donors (Lipinski definition) is 1. The van der Waals surface area contributed by atoms with Crippen LogP contribution in [0.15, 0.2) is 53.6 Å². The van der Waals surface area contributed by atoms with E-state index in [1.165, 1.54) is 6.21 Å². The third kappa shape index (κ3) is 4.62. The minimum Gasteiger partial charge on any atom is -0.482 e. The van der Waals surface area contributed by atoms with Crippen molar-refractivity contribution in [2.75, 3.05) is 6.61 Å². The topological polar surface area (TPSA) is 74.5 Å². The summed E-state index contributed by atoms with van der Waals surface area (Å²) in [5, 5.41) is 13.3. The number of nitriles is 1. The molecule has 0 unspecified atom stereocenters. The van der Waals surface area contributed by atoms with Gasteiger partial charge in [0.15, 0.2) is 6.61 Å². The molecule has 0 aromatic heterocycles. The molecule has 0 saturated heterocycles. The summed E-state index contributed by atoms with van der Waals surface area (Å²) in [7, 11) is 0. The number of carbonyl (C=O) groups is 1. The van der Waals surface area contributed by atoms with Gasteiger partial charge in [0, 0.05) is 5.02 Å². The largest absolute Gasteiger partial charge is 0.482 e. The number of hydrogen-bond acceptors (Lipinski definition) is 4. The van der Waals surface area contributed by atoms with Crippen LogP contribution < -0.4 is 10.2 Å². The van der Waals surface area contributed by atoms with Crippen molar-refractivity contribution in [3.63, 3.8) is 0 Å². The van der Waals surface area contributed by atoms with Crippen molar-refractivity contribution in [2.24, 2.45) is 5.10 Å². The zero-order chi connectivity index (χ0) is 15.8. The predicted molar refractivity (Wildman–Crippen MR) is 83.8 cm³/mol. The number of rotatable bonds is 5. The molecule has 0 atom stereocenters. The Morgan fingerprint density at radius 2 is 2.14 bits per heavy atom. The highest BCUT2D eigenvalue weighted by atomic mass is 35.5. The number of ether oxygens (including phenoxy) is 1. The molecule has 22 heavy (non-hydrogen) atoms. The van der Waals surface area contributed by atoms with Gasteiger partial charge in [-0.2, -0.15) is 10.4 Å². The maximum absolute atomic E-state index is 11.6. The van der Waals surface area contributed by atoms with Crippen LogP contribution in [-0.4, -0.2) is 18.7 Å². The Morgan fingerprint density at radius 3 is 2.91 bits per heavy atom. The maximum atomic E-state index is 11.6. The average Bonchev–Trinajstić information content (AvgIpc) is 2.53. The van der Waals surface area contributed by atoms with Gasteiger partial charge in [-0.15, -0.1) is 0 Å². The Balaban J connectivity index is 1.85. The number of nitrogens with one attached hydrogen (secondary N) is 1. The van der Waals surface area contributed by atoms with Gasteiger partial charge < -0.3 is 4.74 Å². The van der Waals surface area contributed by atoms with Crippen LogP contribution in [0.2, 0.25) is 5.02 Å². The summed E-state index contributed by atoms with van der Waals surface area (Å²) >= 11 is 5.84. The van der Waals surface area contributed by atoms with Crippen LogP contribution in [0, 0.1) is 11.3 Å². The first-order valence-electron chi connectivity index (χ1n) is 6.38. The zero-order valence-electron chi connectivity index (χ0n) is 11.5. The van der Waals surface area contributed by atoms with Gasteiger partial charge in [-0.1, -0.05) is 35.9 Å². The van der Waals surface area contributed by atoms with Crippen molar-refractivity contribution in [1.29, 1.82) is 5.26 Å². The molecule has 0 aliphatic rings. The summed E-state index contributed by atoms with van der Waals surface area (Å²) in [6.07, 6.45) is 1.48. The number of nitrogens with zero attached hydrogens (tertiary/aromatic N) is 2. The molecule has 0 aliphatic carbocycles. The number of amides is 1. The Morgan fingerprint density at radius 1 is 1.32 bits per heavy atom. The first kappa shape index (κ1) is 15.5. The van der Waals surface area contributed by atoms with Crippen LogP contribution >= 0.6 is 11.6 Å². The number of halogens is 1. The molecule has 0 saturated carbocycles. The second kappa shape index (κ2) is 7.81. The average molecular weight is 314 g/mol. The summed E-state index contributed by atoms with van der Waals surface area (Å²) in [5.74, 6) is -0.0648. The summed E-state index contributed by atoms with van der Waals surface area (Å²) in [6, 6.07) is 15.7. The molecular weight excluding hydrogens is 302 g/mol. The lowest BCUT2D eigenvalue weighted by Gasteiger charge is -2.06. The minimum absolute atomic E-state index is 0.231. The van der Waals surface area contributed by atoms with Crippen LogP contribution in [-0.2, 0) is 4.79 Å². The molecule has 6 heteroatoms. The van der Waals surface area contributed by atoms with Crippen LogP contribution in [0.3, 0.4) is 0 Å². The fourth-order valence-corrected chi connectivity index (χ4v) is 1.82. The number of hydrazone groups is 1. The van der Waals surface area contributed by atoms with E-state index in [9.17, 15) is 4.79 Å². The number of benzene rings is 2. The molecule has 2 rings (SSSR count). The Kier molecular flexibility index (Phi) is 5.52. The van der Waals surface area contributed by atoms with Crippen LogP contribution in [0.4, 0.5) is 0 Å². The monoisotopic (exact) mass is 313 g/mol. The normalized spacial score (nSPS) is 10.2. The molecule has 0 aliphatic heterocycles. The minimum atomic E-state index is -0.425. The van der Waals surface area contributed by atoms with Gasteiger partial charge in [0.05, 0.1) is 11.8 Å². The molecule has 0 radical (unpaired) electrons. The molecule has 0 fully saturated rings. The van der Waals surface area contributed by atoms with E-state index in [1.54, 1.807) is 48.5 Å². The van der Waals surface area contributed by atoms with Gasteiger partial charge >= 0.3 is 0 Å². The van der Waals surface area contributed by atoms with Gasteiger partial charge in [-0.3, -0.25) is 4.79 Å². The summed E-state index contributed by atoms with van der Waals surface area (Å²) in [6.45, 7) is -0.231. The van der Waals surface area contributed by atoms with Gasteiger partial charge in [0.2, 0.25) is 0 Å². The first-order chi connectivity index (χ1) is 10.7. The molecule has 0 spiro atoms. The van der Waals surface area contributed by atoms with E-state index in [1.807, 2.05) is 6.07 Å². The lowest BCUT2D eigenvalue weighted by atomic mass is 10.2. The molecule has 1 amide bonds. The lowest BCUT2D eigenvalue weighted by Crippen LogP contribution is -2.24. The highest BCUT2D eigenvalue weighted by Crippen LogP contribution is 2.16. The van der Waals surface area contributed by atoms with Gasteiger partial charge in [-0.05, 0) is 29.8 Å². The van der Waals surface area contributed by atoms with E-state index in [0.717, 1.165) is 5.56 Å². The van der Waals surface area contributed by atoms with Crippen molar-refractivity contribution in [3.8, 4) is 11.8 Å². The van der Waals surface area contributed by atoms with Crippen molar-refractivity contribution in [3.05, 3.63) is 64.7 Å². The van der Waals surface area contributed by atoms with Gasteiger partial charge in [-0.25, -0.2) is 5.43 Å². The Bertz CT molecular complexity index is 738. The Hall–Kier alpha value is -2.84. The van der Waals surface area contributed by atoms with E-state index in [0.29, 0.717) is 16.3 Å². The smallest absolute Gasteiger partial charge is 0.277 e. The van der Waals surface area contributed by atoms with E-state index >= 15 is 0 Å². The molecular formula is C16H12ClN3O2. The Labute approximate surface area is 132 Å². The summed E-state index contributed by atoms with van der Waals surface area (Å²) < 4.78 is 5.28. The molecule has 2 aromatic carbocycles. The number of para-hydroxylation sites is 1.